The van der Waals surface area contributed by atoms with Crippen molar-refractivity contribution in [2.75, 3.05) is 26.7 Å². The number of nitrogens with one attached hydrogen (secondary N) is 1. The van der Waals surface area contributed by atoms with Gasteiger partial charge in [-0.05, 0) is 63.5 Å². The maximum atomic E-state index is 12.9. The second-order valence-electron chi connectivity index (χ2n) is 6.58. The van der Waals surface area contributed by atoms with Crippen LogP contribution in [0, 0.1) is 18.7 Å². The molecule has 1 aromatic carbocycles. The molecule has 1 aromatic heterocycles. The number of aromatic nitrogens is 1. The molecule has 1 aliphatic heterocycles. The Hall–Kier alpha value is -1.41. The molecule has 0 saturated carbocycles. The van der Waals surface area contributed by atoms with E-state index in [4.69, 9.17) is 4.74 Å². The normalized spacial score (nSPS) is 16.1. The number of piperidine rings is 1. The number of benzene rings is 1. The summed E-state index contributed by atoms with van der Waals surface area (Å²) in [6.45, 7) is 4.66. The van der Waals surface area contributed by atoms with E-state index in [1.165, 1.54) is 23.5 Å². The van der Waals surface area contributed by atoms with E-state index < -0.39 is 0 Å². The Morgan fingerprint density at radius 1 is 1.36 bits per heavy atom. The van der Waals surface area contributed by atoms with Crippen LogP contribution in [0.4, 0.5) is 4.39 Å². The molecule has 0 aliphatic carbocycles. The lowest BCUT2D eigenvalue weighted by Gasteiger charge is -2.32. The molecule has 1 fully saturated rings. The van der Waals surface area contributed by atoms with Crippen LogP contribution in [0.15, 0.2) is 24.3 Å². The second-order valence-corrected chi connectivity index (χ2v) is 7.67. The van der Waals surface area contributed by atoms with Gasteiger partial charge in [-0.1, -0.05) is 0 Å². The third kappa shape index (κ3) is 6.30. The Morgan fingerprint density at radius 2 is 2.07 bits per heavy atom. The van der Waals surface area contributed by atoms with E-state index in [9.17, 15) is 9.18 Å². The van der Waals surface area contributed by atoms with Crippen molar-refractivity contribution in [2.24, 2.45) is 5.92 Å². The zero-order chi connectivity index (χ0) is 18.5. The van der Waals surface area contributed by atoms with Crippen molar-refractivity contribution in [1.82, 2.24) is 15.2 Å². The summed E-state index contributed by atoms with van der Waals surface area (Å²) in [4.78, 5) is 20.0. The first-order valence-electron chi connectivity index (χ1n) is 8.85. The minimum Gasteiger partial charge on any atom is -0.486 e. The average molecular weight is 450 g/mol. The molecule has 0 radical (unpaired) electrons. The molecule has 0 spiro atoms. The van der Waals surface area contributed by atoms with Crippen LogP contribution in [0.5, 0.6) is 5.75 Å². The minimum absolute atomic E-state index is 0. The van der Waals surface area contributed by atoms with E-state index in [1.54, 1.807) is 12.1 Å². The molecule has 2 aromatic rings. The number of hydrogen-bond acceptors (Lipinski definition) is 5. The van der Waals surface area contributed by atoms with Crippen LogP contribution >= 0.6 is 36.2 Å². The number of carbonyl (C=O) groups excluding carboxylic acids is 1. The van der Waals surface area contributed by atoms with Gasteiger partial charge in [0, 0.05) is 13.1 Å². The molecule has 9 heteroatoms. The maximum Gasteiger partial charge on any atom is 0.265 e. The van der Waals surface area contributed by atoms with Crippen molar-refractivity contribution in [3.05, 3.63) is 45.7 Å². The molecule has 1 saturated heterocycles. The standard InChI is InChI=1S/C19H24FN3O2S.2ClH/c1-13-18(19(24)23-9-3-4-14(11-23)10-21-2)26-17(22-13)12-25-16-7-5-15(20)6-8-16;;/h5-8,14,21H,3-4,9-12H2,1-2H3;2*1H. The van der Waals surface area contributed by atoms with Gasteiger partial charge < -0.3 is 15.0 Å². The number of amides is 1. The lowest BCUT2D eigenvalue weighted by Crippen LogP contribution is -2.42. The van der Waals surface area contributed by atoms with Gasteiger partial charge in [0.25, 0.3) is 5.91 Å². The number of likely N-dealkylation sites (tertiary alicyclic amines) is 1. The van der Waals surface area contributed by atoms with Gasteiger partial charge in [-0.25, -0.2) is 9.37 Å². The molecule has 156 valence electrons. The summed E-state index contributed by atoms with van der Waals surface area (Å²) in [6, 6.07) is 5.87. The summed E-state index contributed by atoms with van der Waals surface area (Å²) >= 11 is 1.38. The SMILES string of the molecule is CNCC1CCCN(C(=O)c2sc(COc3ccc(F)cc3)nc2C)C1.Cl.Cl. The van der Waals surface area contributed by atoms with Crippen molar-refractivity contribution in [1.29, 1.82) is 0 Å². The lowest BCUT2D eigenvalue weighted by molar-refractivity contribution is 0.0678. The van der Waals surface area contributed by atoms with Crippen LogP contribution in [-0.4, -0.2) is 42.5 Å². The molecule has 1 unspecified atom stereocenters. The van der Waals surface area contributed by atoms with E-state index in [-0.39, 0.29) is 43.1 Å². The Bertz CT molecular complexity index is 756. The maximum absolute atomic E-state index is 12.9. The Kier molecular flexibility index (Phi) is 10.2. The summed E-state index contributed by atoms with van der Waals surface area (Å²) in [6.07, 6.45) is 2.19. The van der Waals surface area contributed by atoms with Gasteiger partial charge in [0.1, 0.15) is 28.1 Å². The van der Waals surface area contributed by atoms with E-state index in [0.717, 1.165) is 43.2 Å². The third-order valence-electron chi connectivity index (χ3n) is 4.51. The number of thiazole rings is 1. The number of rotatable bonds is 6. The zero-order valence-corrected chi connectivity index (χ0v) is 18.4. The Labute approximate surface area is 181 Å². The molecule has 3 rings (SSSR count). The van der Waals surface area contributed by atoms with Gasteiger partial charge in [-0.3, -0.25) is 4.79 Å². The largest absolute Gasteiger partial charge is 0.486 e. The molecule has 2 heterocycles. The van der Waals surface area contributed by atoms with Crippen LogP contribution < -0.4 is 10.1 Å². The summed E-state index contributed by atoms with van der Waals surface area (Å²) in [5, 5.41) is 3.95. The molecule has 28 heavy (non-hydrogen) atoms. The Morgan fingerprint density at radius 3 is 2.75 bits per heavy atom. The van der Waals surface area contributed by atoms with Gasteiger partial charge in [0.2, 0.25) is 0 Å². The summed E-state index contributed by atoms with van der Waals surface area (Å²) in [5.74, 6) is 0.854. The number of hydrogen-bond donors (Lipinski definition) is 1. The fraction of sp³-hybridized carbons (Fsp3) is 0.474. The van der Waals surface area contributed by atoms with Crippen molar-refractivity contribution in [2.45, 2.75) is 26.4 Å². The summed E-state index contributed by atoms with van der Waals surface area (Å²) < 4.78 is 18.6. The van der Waals surface area contributed by atoms with Gasteiger partial charge in [0.15, 0.2) is 0 Å². The third-order valence-corrected chi connectivity index (χ3v) is 5.63. The van der Waals surface area contributed by atoms with E-state index in [0.29, 0.717) is 16.5 Å². The number of aryl methyl sites for hydroxylation is 1. The Balaban J connectivity index is 0.00000196. The molecule has 1 atom stereocenters. The highest BCUT2D eigenvalue weighted by Crippen LogP contribution is 2.25. The van der Waals surface area contributed by atoms with Crippen LogP contribution in [0.2, 0.25) is 0 Å². The predicted octanol–water partition coefficient (Wildman–Crippen LogP) is 4.08. The van der Waals surface area contributed by atoms with E-state index in [2.05, 4.69) is 10.3 Å². The van der Waals surface area contributed by atoms with Crippen LogP contribution in [0.3, 0.4) is 0 Å². The van der Waals surface area contributed by atoms with Crippen molar-refractivity contribution in [3.63, 3.8) is 0 Å². The first-order valence-corrected chi connectivity index (χ1v) is 9.67. The van der Waals surface area contributed by atoms with Crippen molar-refractivity contribution >= 4 is 42.1 Å². The van der Waals surface area contributed by atoms with Crippen LogP contribution in [0.25, 0.3) is 0 Å². The quantitative estimate of drug-likeness (QED) is 0.721. The zero-order valence-electron chi connectivity index (χ0n) is 15.9. The molecule has 0 bridgehead atoms. The number of nitrogens with zero attached hydrogens (tertiary/aromatic N) is 2. The molecular formula is C19H26Cl2FN3O2S. The monoisotopic (exact) mass is 449 g/mol. The molecule has 1 aliphatic rings. The number of carbonyl (C=O) groups is 1. The summed E-state index contributed by atoms with van der Waals surface area (Å²) in [5.41, 5.74) is 0.744. The average Bonchev–Trinajstić information content (AvgIpc) is 3.02. The van der Waals surface area contributed by atoms with Crippen molar-refractivity contribution < 1.29 is 13.9 Å². The van der Waals surface area contributed by atoms with Gasteiger partial charge in [0.05, 0.1) is 5.69 Å². The first-order chi connectivity index (χ1) is 12.6. The fourth-order valence-electron chi connectivity index (χ4n) is 3.24. The first kappa shape index (κ1) is 24.6. The molecular weight excluding hydrogens is 424 g/mol. The van der Waals surface area contributed by atoms with E-state index >= 15 is 0 Å². The topological polar surface area (TPSA) is 54.5 Å². The molecule has 1 N–H and O–H groups in total. The minimum atomic E-state index is -0.298. The molecule has 5 nitrogen and oxygen atoms in total. The van der Waals surface area contributed by atoms with Gasteiger partial charge in [-0.15, -0.1) is 36.2 Å². The smallest absolute Gasteiger partial charge is 0.265 e. The lowest BCUT2D eigenvalue weighted by atomic mass is 9.98. The van der Waals surface area contributed by atoms with Crippen LogP contribution in [-0.2, 0) is 6.61 Å². The van der Waals surface area contributed by atoms with Gasteiger partial charge in [-0.2, -0.15) is 0 Å². The number of ether oxygens (including phenoxy) is 1. The highest BCUT2D eigenvalue weighted by atomic mass is 35.5. The second kappa shape index (κ2) is 11.6. The summed E-state index contributed by atoms with van der Waals surface area (Å²) in [7, 11) is 1.95. The van der Waals surface area contributed by atoms with Gasteiger partial charge >= 0.3 is 0 Å². The highest BCUT2D eigenvalue weighted by molar-refractivity contribution is 7.13. The van der Waals surface area contributed by atoms with Crippen LogP contribution in [0.1, 0.15) is 33.2 Å². The van der Waals surface area contributed by atoms with Crippen molar-refractivity contribution in [3.8, 4) is 5.75 Å². The highest BCUT2D eigenvalue weighted by Gasteiger charge is 2.26. The number of halogens is 3. The molecule has 1 amide bonds. The fourth-order valence-corrected chi connectivity index (χ4v) is 4.18. The van der Waals surface area contributed by atoms with E-state index in [1.807, 2.05) is 18.9 Å². The predicted molar refractivity (Wildman–Crippen MR) is 115 cm³/mol.